The summed E-state index contributed by atoms with van der Waals surface area (Å²) in [5, 5.41) is 0. The van der Waals surface area contributed by atoms with Gasteiger partial charge in [-0.25, -0.2) is 0 Å². The molecular weight excluding hydrogens is 160 g/mol. The second-order valence-corrected chi connectivity index (χ2v) is 3.47. The zero-order chi connectivity index (χ0) is 9.26. The van der Waals surface area contributed by atoms with Crippen LogP contribution in [-0.4, -0.2) is 12.3 Å². The van der Waals surface area contributed by atoms with E-state index in [9.17, 15) is 0 Å². The third-order valence-electron chi connectivity index (χ3n) is 2.47. The topological polar surface area (TPSA) is 38.4 Å². The SMILES string of the molecule is Cc1cccc(N)c1C1=NCCC1. The van der Waals surface area contributed by atoms with Crippen molar-refractivity contribution in [2.24, 2.45) is 4.99 Å². The van der Waals surface area contributed by atoms with Gasteiger partial charge in [0, 0.05) is 23.5 Å². The Morgan fingerprint density at radius 2 is 2.23 bits per heavy atom. The number of anilines is 1. The summed E-state index contributed by atoms with van der Waals surface area (Å²) in [4.78, 5) is 4.46. The van der Waals surface area contributed by atoms with Crippen LogP contribution in [0.4, 0.5) is 5.69 Å². The third-order valence-corrected chi connectivity index (χ3v) is 2.47. The van der Waals surface area contributed by atoms with Crippen molar-refractivity contribution in [3.05, 3.63) is 29.3 Å². The van der Waals surface area contributed by atoms with Crippen LogP contribution in [0.1, 0.15) is 24.0 Å². The first kappa shape index (κ1) is 8.30. The molecule has 2 rings (SSSR count). The molecular formula is C11H14N2. The smallest absolute Gasteiger partial charge is 0.0444 e. The molecule has 1 aromatic rings. The van der Waals surface area contributed by atoms with E-state index in [-0.39, 0.29) is 0 Å². The van der Waals surface area contributed by atoms with E-state index in [0.717, 1.165) is 18.7 Å². The van der Waals surface area contributed by atoms with Gasteiger partial charge in [-0.2, -0.15) is 0 Å². The average Bonchev–Trinajstić information content (AvgIpc) is 2.57. The van der Waals surface area contributed by atoms with E-state index >= 15 is 0 Å². The van der Waals surface area contributed by atoms with Gasteiger partial charge in [-0.05, 0) is 31.4 Å². The fourth-order valence-electron chi connectivity index (χ4n) is 1.83. The summed E-state index contributed by atoms with van der Waals surface area (Å²) in [5.41, 5.74) is 10.4. The van der Waals surface area contributed by atoms with E-state index in [1.54, 1.807) is 0 Å². The van der Waals surface area contributed by atoms with Crippen LogP contribution in [0.25, 0.3) is 0 Å². The molecule has 0 fully saturated rings. The lowest BCUT2D eigenvalue weighted by Gasteiger charge is -2.08. The molecule has 0 saturated carbocycles. The number of nitrogens with zero attached hydrogens (tertiary/aromatic N) is 1. The maximum absolute atomic E-state index is 5.92. The van der Waals surface area contributed by atoms with E-state index in [1.165, 1.54) is 23.3 Å². The highest BCUT2D eigenvalue weighted by Crippen LogP contribution is 2.22. The summed E-state index contributed by atoms with van der Waals surface area (Å²) in [6.07, 6.45) is 2.25. The van der Waals surface area contributed by atoms with Crippen LogP contribution in [-0.2, 0) is 0 Å². The lowest BCUT2D eigenvalue weighted by Crippen LogP contribution is -2.04. The summed E-state index contributed by atoms with van der Waals surface area (Å²) in [5.74, 6) is 0. The minimum Gasteiger partial charge on any atom is -0.398 e. The summed E-state index contributed by atoms with van der Waals surface area (Å²) >= 11 is 0. The quantitative estimate of drug-likeness (QED) is 0.651. The van der Waals surface area contributed by atoms with E-state index in [1.807, 2.05) is 12.1 Å². The minimum absolute atomic E-state index is 0.862. The standard InChI is InChI=1S/C11H14N2/c1-8-4-2-5-9(12)11(8)10-6-3-7-13-10/h2,4-5H,3,6-7,12H2,1H3. The van der Waals surface area contributed by atoms with Crippen LogP contribution in [0.2, 0.25) is 0 Å². The van der Waals surface area contributed by atoms with Crippen LogP contribution >= 0.6 is 0 Å². The number of aryl methyl sites for hydroxylation is 1. The van der Waals surface area contributed by atoms with E-state index in [2.05, 4.69) is 18.0 Å². The highest BCUT2D eigenvalue weighted by molar-refractivity contribution is 6.06. The van der Waals surface area contributed by atoms with Gasteiger partial charge in [-0.15, -0.1) is 0 Å². The molecule has 0 spiro atoms. The maximum Gasteiger partial charge on any atom is 0.0444 e. The second kappa shape index (κ2) is 3.21. The molecule has 0 unspecified atom stereocenters. The first-order valence-corrected chi connectivity index (χ1v) is 4.68. The Kier molecular flexibility index (Phi) is 2.05. The van der Waals surface area contributed by atoms with Gasteiger partial charge < -0.3 is 5.73 Å². The fourth-order valence-corrected chi connectivity index (χ4v) is 1.83. The van der Waals surface area contributed by atoms with Gasteiger partial charge in [0.2, 0.25) is 0 Å². The molecule has 1 aromatic carbocycles. The first-order chi connectivity index (χ1) is 6.29. The van der Waals surface area contributed by atoms with Gasteiger partial charge in [-0.1, -0.05) is 12.1 Å². The predicted octanol–water partition coefficient (Wildman–Crippen LogP) is 2.16. The van der Waals surface area contributed by atoms with Crippen LogP contribution in [0.15, 0.2) is 23.2 Å². The molecule has 1 aliphatic heterocycles. The zero-order valence-corrected chi connectivity index (χ0v) is 7.88. The van der Waals surface area contributed by atoms with Crippen LogP contribution in [0, 0.1) is 6.92 Å². The molecule has 2 heteroatoms. The van der Waals surface area contributed by atoms with Crippen molar-refractivity contribution >= 4 is 11.4 Å². The Balaban J connectivity index is 2.49. The summed E-state index contributed by atoms with van der Waals surface area (Å²) in [6, 6.07) is 6.03. The molecule has 0 radical (unpaired) electrons. The lowest BCUT2D eigenvalue weighted by molar-refractivity contribution is 0.951. The molecule has 0 amide bonds. The van der Waals surface area contributed by atoms with Crippen molar-refractivity contribution in [2.45, 2.75) is 19.8 Å². The number of benzene rings is 1. The summed E-state index contributed by atoms with van der Waals surface area (Å²) in [7, 11) is 0. The molecule has 0 aromatic heterocycles. The monoisotopic (exact) mass is 174 g/mol. The molecule has 1 aliphatic rings. The number of hydrogen-bond acceptors (Lipinski definition) is 2. The van der Waals surface area contributed by atoms with Crippen LogP contribution in [0.3, 0.4) is 0 Å². The van der Waals surface area contributed by atoms with Crippen molar-refractivity contribution in [2.75, 3.05) is 12.3 Å². The molecule has 1 heterocycles. The Labute approximate surface area is 78.5 Å². The molecule has 0 saturated heterocycles. The van der Waals surface area contributed by atoms with Crippen LogP contribution < -0.4 is 5.73 Å². The number of hydrogen-bond donors (Lipinski definition) is 1. The Hall–Kier alpha value is -1.31. The van der Waals surface area contributed by atoms with E-state index in [0.29, 0.717) is 0 Å². The Bertz CT molecular complexity index is 333. The lowest BCUT2D eigenvalue weighted by atomic mass is 10.0. The summed E-state index contributed by atoms with van der Waals surface area (Å²) < 4.78 is 0. The summed E-state index contributed by atoms with van der Waals surface area (Å²) in [6.45, 7) is 3.05. The Morgan fingerprint density at radius 1 is 1.38 bits per heavy atom. The van der Waals surface area contributed by atoms with Crippen LogP contribution in [0.5, 0.6) is 0 Å². The molecule has 2 N–H and O–H groups in total. The van der Waals surface area contributed by atoms with Gasteiger partial charge in [0.05, 0.1) is 0 Å². The van der Waals surface area contributed by atoms with Gasteiger partial charge in [0.25, 0.3) is 0 Å². The van der Waals surface area contributed by atoms with Crippen molar-refractivity contribution in [1.82, 2.24) is 0 Å². The highest BCUT2D eigenvalue weighted by Gasteiger charge is 2.13. The van der Waals surface area contributed by atoms with Gasteiger partial charge in [0.1, 0.15) is 0 Å². The number of nitrogens with two attached hydrogens (primary N) is 1. The molecule has 13 heavy (non-hydrogen) atoms. The average molecular weight is 174 g/mol. The Morgan fingerprint density at radius 3 is 2.85 bits per heavy atom. The fraction of sp³-hybridized carbons (Fsp3) is 0.364. The maximum atomic E-state index is 5.92. The molecule has 68 valence electrons. The van der Waals surface area contributed by atoms with E-state index < -0.39 is 0 Å². The van der Waals surface area contributed by atoms with Gasteiger partial charge in [0.15, 0.2) is 0 Å². The molecule has 0 bridgehead atoms. The molecule has 0 aliphatic carbocycles. The normalized spacial score (nSPS) is 15.9. The molecule has 2 nitrogen and oxygen atoms in total. The third kappa shape index (κ3) is 1.44. The van der Waals surface area contributed by atoms with Gasteiger partial charge in [-0.3, -0.25) is 4.99 Å². The van der Waals surface area contributed by atoms with E-state index in [4.69, 9.17) is 5.73 Å². The number of aliphatic imine (C=N–C) groups is 1. The second-order valence-electron chi connectivity index (χ2n) is 3.47. The largest absolute Gasteiger partial charge is 0.398 e. The van der Waals surface area contributed by atoms with Crippen molar-refractivity contribution in [3.8, 4) is 0 Å². The predicted molar refractivity (Wildman–Crippen MR) is 56.2 cm³/mol. The minimum atomic E-state index is 0.862. The zero-order valence-electron chi connectivity index (χ0n) is 7.88. The number of nitrogen functional groups attached to an aromatic ring is 1. The molecule has 0 atom stereocenters. The van der Waals surface area contributed by atoms with Crippen molar-refractivity contribution < 1.29 is 0 Å². The van der Waals surface area contributed by atoms with Crippen molar-refractivity contribution in [3.63, 3.8) is 0 Å². The number of rotatable bonds is 1. The highest BCUT2D eigenvalue weighted by atomic mass is 14.8. The van der Waals surface area contributed by atoms with Gasteiger partial charge >= 0.3 is 0 Å². The van der Waals surface area contributed by atoms with Crippen molar-refractivity contribution in [1.29, 1.82) is 0 Å². The first-order valence-electron chi connectivity index (χ1n) is 4.68.